The number of hydrogen-bond acceptors (Lipinski definition) is 5. The second-order valence-corrected chi connectivity index (χ2v) is 7.87. The van der Waals surface area contributed by atoms with Crippen LogP contribution >= 0.6 is 31.9 Å². The minimum Gasteiger partial charge on any atom is -0.491 e. The first-order valence-corrected chi connectivity index (χ1v) is 9.84. The summed E-state index contributed by atoms with van der Waals surface area (Å²) in [5.74, 6) is 1.77. The van der Waals surface area contributed by atoms with Gasteiger partial charge < -0.3 is 14.7 Å². The summed E-state index contributed by atoms with van der Waals surface area (Å²) in [6.07, 6.45) is 1.33. The predicted octanol–water partition coefficient (Wildman–Crippen LogP) is 3.17. The fourth-order valence-electron chi connectivity index (χ4n) is 2.79. The Bertz CT molecular complexity index is 659. The molecule has 0 saturated carbocycles. The van der Waals surface area contributed by atoms with Crippen molar-refractivity contribution in [1.29, 1.82) is 0 Å². The molecule has 0 radical (unpaired) electrons. The zero-order valence-corrected chi connectivity index (χ0v) is 17.0. The zero-order valence-electron chi connectivity index (χ0n) is 13.8. The number of anilines is 1. The van der Waals surface area contributed by atoms with Crippen molar-refractivity contribution in [2.75, 3.05) is 44.2 Å². The number of halogens is 2. The largest absolute Gasteiger partial charge is 0.491 e. The van der Waals surface area contributed by atoms with Gasteiger partial charge in [-0.2, -0.15) is 0 Å². The highest BCUT2D eigenvalue weighted by molar-refractivity contribution is 9.10. The van der Waals surface area contributed by atoms with Crippen LogP contribution in [0, 0.1) is 0 Å². The highest BCUT2D eigenvalue weighted by atomic mass is 79.9. The first kappa shape index (κ1) is 18.6. The summed E-state index contributed by atoms with van der Waals surface area (Å²) in [6, 6.07) is 11.7. The summed E-state index contributed by atoms with van der Waals surface area (Å²) in [4.78, 5) is 8.99. The van der Waals surface area contributed by atoms with Gasteiger partial charge in [0.05, 0.1) is 0 Å². The Morgan fingerprint density at radius 2 is 1.68 bits per heavy atom. The van der Waals surface area contributed by atoms with Gasteiger partial charge in [-0.25, -0.2) is 4.98 Å². The summed E-state index contributed by atoms with van der Waals surface area (Å²) >= 11 is 6.80. The summed E-state index contributed by atoms with van der Waals surface area (Å²) in [5.41, 5.74) is 0. The molecular formula is C18H21Br2N3O2. The number of piperazine rings is 1. The second-order valence-electron chi connectivity index (χ2n) is 6.04. The van der Waals surface area contributed by atoms with E-state index in [2.05, 4.69) is 46.6 Å². The molecule has 1 aromatic carbocycles. The van der Waals surface area contributed by atoms with Crippen LogP contribution in [0.3, 0.4) is 0 Å². The third-order valence-corrected chi connectivity index (χ3v) is 5.13. The quantitative estimate of drug-likeness (QED) is 0.702. The van der Waals surface area contributed by atoms with E-state index >= 15 is 0 Å². The van der Waals surface area contributed by atoms with Gasteiger partial charge in [0.25, 0.3) is 0 Å². The van der Waals surface area contributed by atoms with Gasteiger partial charge >= 0.3 is 0 Å². The molecule has 134 valence electrons. The molecule has 0 spiro atoms. The van der Waals surface area contributed by atoms with Crippen molar-refractivity contribution < 1.29 is 9.84 Å². The lowest BCUT2D eigenvalue weighted by atomic mass is 10.2. The molecule has 1 atom stereocenters. The molecule has 5 nitrogen and oxygen atoms in total. The number of aromatic nitrogens is 1. The predicted molar refractivity (Wildman–Crippen MR) is 106 cm³/mol. The minimum atomic E-state index is -0.499. The van der Waals surface area contributed by atoms with Crippen LogP contribution in [0.15, 0.2) is 51.5 Å². The van der Waals surface area contributed by atoms with Crippen molar-refractivity contribution >= 4 is 37.7 Å². The number of rotatable bonds is 6. The Balaban J connectivity index is 1.40. The van der Waals surface area contributed by atoms with E-state index in [4.69, 9.17) is 4.74 Å². The topological polar surface area (TPSA) is 48.8 Å². The molecule has 2 heterocycles. The van der Waals surface area contributed by atoms with Gasteiger partial charge in [0.15, 0.2) is 0 Å². The Hall–Kier alpha value is -1.15. The van der Waals surface area contributed by atoms with Gasteiger partial charge in [-0.05, 0) is 52.3 Å². The zero-order chi connectivity index (χ0) is 17.6. The molecule has 2 aromatic rings. The molecule has 3 rings (SSSR count). The molecule has 0 bridgehead atoms. The van der Waals surface area contributed by atoms with Crippen LogP contribution in [0.4, 0.5) is 5.82 Å². The van der Waals surface area contributed by atoms with Crippen molar-refractivity contribution in [3.8, 4) is 5.75 Å². The third-order valence-electron chi connectivity index (χ3n) is 4.13. The van der Waals surface area contributed by atoms with E-state index in [0.29, 0.717) is 13.2 Å². The number of nitrogens with zero attached hydrogens (tertiary/aromatic N) is 3. The summed E-state index contributed by atoms with van der Waals surface area (Å²) in [7, 11) is 0. The first-order valence-electron chi connectivity index (χ1n) is 8.25. The van der Waals surface area contributed by atoms with Crippen LogP contribution in [0.1, 0.15) is 0 Å². The maximum Gasteiger partial charge on any atom is 0.128 e. The number of pyridine rings is 1. The van der Waals surface area contributed by atoms with Crippen LogP contribution in [-0.2, 0) is 0 Å². The average Bonchev–Trinajstić information content (AvgIpc) is 2.63. The molecular weight excluding hydrogens is 450 g/mol. The minimum absolute atomic E-state index is 0.302. The van der Waals surface area contributed by atoms with E-state index in [-0.39, 0.29) is 0 Å². The molecule has 25 heavy (non-hydrogen) atoms. The molecule has 0 amide bonds. The Labute approximate surface area is 164 Å². The molecule has 7 heteroatoms. The number of aliphatic hydroxyl groups excluding tert-OH is 1. The van der Waals surface area contributed by atoms with E-state index < -0.39 is 6.10 Å². The highest BCUT2D eigenvalue weighted by Gasteiger charge is 2.20. The van der Waals surface area contributed by atoms with Crippen LogP contribution in [0.5, 0.6) is 5.75 Å². The van der Waals surface area contributed by atoms with Gasteiger partial charge in [0.1, 0.15) is 24.3 Å². The Morgan fingerprint density at radius 3 is 2.32 bits per heavy atom. The fourth-order valence-corrected chi connectivity index (χ4v) is 3.29. The van der Waals surface area contributed by atoms with Crippen molar-refractivity contribution in [1.82, 2.24) is 9.88 Å². The molecule has 1 aliphatic heterocycles. The molecule has 1 saturated heterocycles. The number of β-amino-alcohol motifs (C(OH)–C–C–N with tert-alkyl or cyclic N) is 1. The first-order chi connectivity index (χ1) is 12.1. The van der Waals surface area contributed by atoms with Gasteiger partial charge in [-0.15, -0.1) is 0 Å². The van der Waals surface area contributed by atoms with Crippen LogP contribution < -0.4 is 9.64 Å². The lowest BCUT2D eigenvalue weighted by Crippen LogP contribution is -2.49. The fraction of sp³-hybridized carbons (Fsp3) is 0.389. The summed E-state index contributed by atoms with van der Waals surface area (Å²) in [5, 5.41) is 10.2. The number of aliphatic hydroxyl groups is 1. The summed E-state index contributed by atoms with van der Waals surface area (Å²) < 4.78 is 7.65. The van der Waals surface area contributed by atoms with Crippen LogP contribution in [-0.4, -0.2) is 60.4 Å². The molecule has 1 fully saturated rings. The highest BCUT2D eigenvalue weighted by Crippen LogP contribution is 2.18. The smallest absolute Gasteiger partial charge is 0.128 e. The van der Waals surface area contributed by atoms with Crippen molar-refractivity contribution in [3.05, 3.63) is 51.5 Å². The SMILES string of the molecule is OC(COc1ccc(Br)cc1)CN1CCN(c2ccc(Br)cn2)CC1. The monoisotopic (exact) mass is 469 g/mol. The van der Waals surface area contributed by atoms with Crippen molar-refractivity contribution in [3.63, 3.8) is 0 Å². The van der Waals surface area contributed by atoms with Crippen LogP contribution in [0.25, 0.3) is 0 Å². The number of ether oxygens (including phenoxy) is 1. The molecule has 1 aromatic heterocycles. The average molecular weight is 471 g/mol. The molecule has 0 aliphatic carbocycles. The van der Waals surface area contributed by atoms with E-state index in [1.54, 1.807) is 0 Å². The van der Waals surface area contributed by atoms with E-state index in [0.717, 1.165) is 46.7 Å². The van der Waals surface area contributed by atoms with Gasteiger partial charge in [0.2, 0.25) is 0 Å². The number of hydrogen-bond donors (Lipinski definition) is 1. The maximum absolute atomic E-state index is 10.2. The number of benzene rings is 1. The van der Waals surface area contributed by atoms with E-state index in [1.165, 1.54) is 0 Å². The molecule has 1 unspecified atom stereocenters. The van der Waals surface area contributed by atoms with Crippen molar-refractivity contribution in [2.24, 2.45) is 0 Å². The Morgan fingerprint density at radius 1 is 1.00 bits per heavy atom. The lowest BCUT2D eigenvalue weighted by molar-refractivity contribution is 0.0662. The normalized spacial score (nSPS) is 16.7. The standard InChI is InChI=1S/C18H21Br2N3O2/c19-14-1-4-17(5-2-14)25-13-16(24)12-22-7-9-23(10-8-22)18-6-3-15(20)11-21-18/h1-6,11,16,24H,7-10,12-13H2. The van der Waals surface area contributed by atoms with Gasteiger partial charge in [0, 0.05) is 47.9 Å². The van der Waals surface area contributed by atoms with E-state index in [1.807, 2.05) is 42.6 Å². The lowest BCUT2D eigenvalue weighted by Gasteiger charge is -2.36. The molecule has 1 N–H and O–H groups in total. The van der Waals surface area contributed by atoms with Crippen LogP contribution in [0.2, 0.25) is 0 Å². The maximum atomic E-state index is 10.2. The summed E-state index contributed by atoms with van der Waals surface area (Å²) in [6.45, 7) is 4.57. The Kier molecular flexibility index (Phi) is 6.70. The molecule has 1 aliphatic rings. The van der Waals surface area contributed by atoms with Crippen molar-refractivity contribution in [2.45, 2.75) is 6.10 Å². The third kappa shape index (κ3) is 5.67. The van der Waals surface area contributed by atoms with Gasteiger partial charge in [-0.1, -0.05) is 15.9 Å². The second kappa shape index (κ2) is 8.98. The van der Waals surface area contributed by atoms with Gasteiger partial charge in [-0.3, -0.25) is 4.90 Å². The van der Waals surface area contributed by atoms with E-state index in [9.17, 15) is 5.11 Å².